The molecule has 2 N–H and O–H groups in total. The van der Waals surface area contributed by atoms with Crippen LogP contribution in [0.25, 0.3) is 0 Å². The maximum absolute atomic E-state index is 12.9. The highest BCUT2D eigenvalue weighted by Gasteiger charge is 2.19. The predicted molar refractivity (Wildman–Crippen MR) is 69.6 cm³/mol. The Kier molecular flexibility index (Phi) is 5.97. The fraction of sp³-hybridized carbons (Fsp3) is 0.417. The van der Waals surface area contributed by atoms with Crippen LogP contribution in [0, 0.1) is 10.1 Å². The Morgan fingerprint density at radius 3 is 2.67 bits per heavy atom. The minimum atomic E-state index is -2.90. The summed E-state index contributed by atoms with van der Waals surface area (Å²) in [5.41, 5.74) is -0.956. The van der Waals surface area contributed by atoms with Crippen molar-refractivity contribution >= 4 is 17.3 Å². The highest BCUT2D eigenvalue weighted by Crippen LogP contribution is 2.30. The number of carboxylic acids is 1. The van der Waals surface area contributed by atoms with E-state index in [0.717, 1.165) is 18.2 Å². The van der Waals surface area contributed by atoms with Crippen LogP contribution in [-0.2, 0) is 9.53 Å². The zero-order valence-electron chi connectivity index (χ0n) is 11.1. The van der Waals surface area contributed by atoms with Gasteiger partial charge in [-0.25, -0.2) is 8.78 Å². The van der Waals surface area contributed by atoms with E-state index in [9.17, 15) is 23.7 Å². The number of non-ortho nitro benzene ring substituents is 1. The molecule has 116 valence electrons. The van der Waals surface area contributed by atoms with Gasteiger partial charge < -0.3 is 15.2 Å². The average Bonchev–Trinajstić information content (AvgIpc) is 2.42. The number of nitrogens with one attached hydrogen (secondary N) is 1. The van der Waals surface area contributed by atoms with Crippen molar-refractivity contribution in [2.45, 2.75) is 19.0 Å². The molecule has 0 bridgehead atoms. The molecule has 0 radical (unpaired) electrons. The molecule has 1 aromatic rings. The van der Waals surface area contributed by atoms with Crippen LogP contribution in [0.3, 0.4) is 0 Å². The van der Waals surface area contributed by atoms with E-state index >= 15 is 0 Å². The zero-order chi connectivity index (χ0) is 16.0. The number of hydrogen-bond acceptors (Lipinski definition) is 5. The number of rotatable bonds is 8. The molecule has 0 aliphatic rings. The summed E-state index contributed by atoms with van der Waals surface area (Å²) in [6.45, 7) is -0.0136. The van der Waals surface area contributed by atoms with Gasteiger partial charge in [0, 0.05) is 37.0 Å². The van der Waals surface area contributed by atoms with Crippen LogP contribution < -0.4 is 5.32 Å². The lowest BCUT2D eigenvalue weighted by Crippen LogP contribution is -2.25. The second-order valence-corrected chi connectivity index (χ2v) is 4.17. The smallest absolute Gasteiger partial charge is 0.306 e. The van der Waals surface area contributed by atoms with Crippen molar-refractivity contribution in [2.24, 2.45) is 0 Å². The summed E-state index contributed by atoms with van der Waals surface area (Å²) < 4.78 is 30.7. The van der Waals surface area contributed by atoms with Crippen LogP contribution in [0.4, 0.5) is 20.2 Å². The Labute approximate surface area is 118 Å². The fourth-order valence-electron chi connectivity index (χ4n) is 1.66. The molecule has 0 aromatic heterocycles. The number of aliphatic carboxylic acids is 1. The third kappa shape index (κ3) is 4.95. The van der Waals surface area contributed by atoms with E-state index in [0.29, 0.717) is 0 Å². The number of halogens is 2. The lowest BCUT2D eigenvalue weighted by atomic mass is 10.1. The third-order valence-electron chi connectivity index (χ3n) is 2.74. The number of methoxy groups -OCH3 is 1. The number of benzene rings is 1. The molecule has 1 aromatic carbocycles. The molecule has 9 heteroatoms. The predicted octanol–water partition coefficient (Wildman–Crippen LogP) is 2.43. The van der Waals surface area contributed by atoms with Gasteiger partial charge in [0.05, 0.1) is 17.4 Å². The van der Waals surface area contributed by atoms with Crippen molar-refractivity contribution in [1.29, 1.82) is 0 Å². The molecular weight excluding hydrogens is 290 g/mol. The van der Waals surface area contributed by atoms with Crippen LogP contribution in [-0.4, -0.2) is 35.8 Å². The van der Waals surface area contributed by atoms with E-state index < -0.39 is 34.7 Å². The van der Waals surface area contributed by atoms with Gasteiger partial charge in [-0.2, -0.15) is 0 Å². The molecule has 7 nitrogen and oxygen atoms in total. The normalized spacial score (nSPS) is 12.2. The zero-order valence-corrected chi connectivity index (χ0v) is 11.1. The SMILES string of the molecule is COC(CNc1ccc([N+](=O)[O-])cc1C(F)F)CC(=O)O. The number of nitro groups is 1. The van der Waals surface area contributed by atoms with Gasteiger partial charge in [-0.3, -0.25) is 14.9 Å². The third-order valence-corrected chi connectivity index (χ3v) is 2.74. The van der Waals surface area contributed by atoms with Gasteiger partial charge in [0.1, 0.15) is 0 Å². The van der Waals surface area contributed by atoms with Gasteiger partial charge in [0.25, 0.3) is 12.1 Å². The highest BCUT2D eigenvalue weighted by molar-refractivity contribution is 5.67. The van der Waals surface area contributed by atoms with E-state index in [1.165, 1.54) is 7.11 Å². The maximum atomic E-state index is 12.9. The van der Waals surface area contributed by atoms with Crippen molar-refractivity contribution in [2.75, 3.05) is 19.0 Å². The summed E-state index contributed by atoms with van der Waals surface area (Å²) in [5, 5.41) is 21.9. The van der Waals surface area contributed by atoms with Gasteiger partial charge in [-0.15, -0.1) is 0 Å². The molecule has 0 aliphatic heterocycles. The Bertz CT molecular complexity index is 524. The van der Waals surface area contributed by atoms with Crippen molar-refractivity contribution in [3.05, 3.63) is 33.9 Å². The summed E-state index contributed by atoms with van der Waals surface area (Å²) in [6, 6.07) is 3.03. The maximum Gasteiger partial charge on any atom is 0.306 e. The minimum Gasteiger partial charge on any atom is -0.481 e. The van der Waals surface area contributed by atoms with Crippen LogP contribution in [0.15, 0.2) is 18.2 Å². The van der Waals surface area contributed by atoms with Crippen LogP contribution in [0.1, 0.15) is 18.4 Å². The van der Waals surface area contributed by atoms with E-state index in [-0.39, 0.29) is 18.7 Å². The molecular formula is C12H14F2N2O5. The summed E-state index contributed by atoms with van der Waals surface area (Å²) in [7, 11) is 1.30. The lowest BCUT2D eigenvalue weighted by Gasteiger charge is -2.16. The minimum absolute atomic E-state index is 0.00281. The van der Waals surface area contributed by atoms with Crippen molar-refractivity contribution in [3.8, 4) is 0 Å². The molecule has 0 saturated heterocycles. The molecule has 0 saturated carbocycles. The number of ether oxygens (including phenoxy) is 1. The van der Waals surface area contributed by atoms with Crippen molar-refractivity contribution in [1.82, 2.24) is 0 Å². The number of nitrogens with zero attached hydrogens (tertiary/aromatic N) is 1. The summed E-state index contributed by atoms with van der Waals surface area (Å²) >= 11 is 0. The average molecular weight is 304 g/mol. The first-order valence-electron chi connectivity index (χ1n) is 5.90. The quantitative estimate of drug-likeness (QED) is 0.565. The first-order valence-corrected chi connectivity index (χ1v) is 5.90. The van der Waals surface area contributed by atoms with Crippen molar-refractivity contribution < 1.29 is 28.3 Å². The molecule has 0 aliphatic carbocycles. The number of carboxylic acid groups (broad SMARTS) is 1. The van der Waals surface area contributed by atoms with Crippen molar-refractivity contribution in [3.63, 3.8) is 0 Å². The molecule has 21 heavy (non-hydrogen) atoms. The van der Waals surface area contributed by atoms with E-state index in [1.54, 1.807) is 0 Å². The second-order valence-electron chi connectivity index (χ2n) is 4.17. The Balaban J connectivity index is 2.87. The monoisotopic (exact) mass is 304 g/mol. The van der Waals surface area contributed by atoms with Gasteiger partial charge in [0.15, 0.2) is 0 Å². The number of alkyl halides is 2. The van der Waals surface area contributed by atoms with E-state index in [4.69, 9.17) is 9.84 Å². The van der Waals surface area contributed by atoms with Crippen LogP contribution >= 0.6 is 0 Å². The standard InChI is InChI=1S/C12H14F2N2O5/c1-21-8(5-11(17)18)6-15-10-3-2-7(16(19)20)4-9(10)12(13)14/h2-4,8,12,15H,5-6H2,1H3,(H,17,18). The second kappa shape index (κ2) is 7.48. The Morgan fingerprint density at radius 2 is 2.19 bits per heavy atom. The fourth-order valence-corrected chi connectivity index (χ4v) is 1.66. The first kappa shape index (κ1) is 16.8. The summed E-state index contributed by atoms with van der Waals surface area (Å²) in [5.74, 6) is -1.08. The van der Waals surface area contributed by atoms with Gasteiger partial charge in [0.2, 0.25) is 0 Å². The van der Waals surface area contributed by atoms with Gasteiger partial charge in [-0.1, -0.05) is 0 Å². The lowest BCUT2D eigenvalue weighted by molar-refractivity contribution is -0.385. The van der Waals surface area contributed by atoms with Gasteiger partial charge >= 0.3 is 5.97 Å². The Morgan fingerprint density at radius 1 is 1.52 bits per heavy atom. The topological polar surface area (TPSA) is 102 Å². The van der Waals surface area contributed by atoms with E-state index in [2.05, 4.69) is 5.32 Å². The first-order chi connectivity index (χ1) is 9.85. The highest BCUT2D eigenvalue weighted by atomic mass is 19.3. The molecule has 0 spiro atoms. The largest absolute Gasteiger partial charge is 0.481 e. The van der Waals surface area contributed by atoms with Crippen LogP contribution in [0.5, 0.6) is 0 Å². The summed E-state index contributed by atoms with van der Waals surface area (Å²) in [4.78, 5) is 20.4. The number of nitro benzene ring substituents is 1. The summed E-state index contributed by atoms with van der Waals surface area (Å²) in [6.07, 6.45) is -3.89. The number of anilines is 1. The molecule has 0 amide bonds. The molecule has 1 unspecified atom stereocenters. The number of hydrogen-bond donors (Lipinski definition) is 2. The number of carbonyl (C=O) groups is 1. The van der Waals surface area contributed by atoms with Gasteiger partial charge in [-0.05, 0) is 6.07 Å². The molecule has 1 atom stereocenters. The molecule has 1 rings (SSSR count). The Hall–Kier alpha value is -2.29. The molecule has 0 heterocycles. The van der Waals surface area contributed by atoms with E-state index in [1.807, 2.05) is 0 Å². The van der Waals surface area contributed by atoms with Crippen LogP contribution in [0.2, 0.25) is 0 Å². The molecule has 0 fully saturated rings.